The fraction of sp³-hybridized carbons (Fsp3) is 0.176. The Morgan fingerprint density at radius 2 is 1.73 bits per heavy atom. The molecule has 4 N–H and O–H groups in total. The predicted molar refractivity (Wildman–Crippen MR) is 175 cm³/mol. The molecule has 0 aliphatic carbocycles. The number of hydrogen-bond donors (Lipinski definition) is 3. The largest absolute Gasteiger partial charge is 0.366 e. The Morgan fingerprint density at radius 1 is 0.932 bits per heavy atom. The Morgan fingerprint density at radius 3 is 2.50 bits per heavy atom. The van der Waals surface area contributed by atoms with Crippen molar-refractivity contribution in [3.63, 3.8) is 0 Å². The van der Waals surface area contributed by atoms with E-state index in [4.69, 9.17) is 5.73 Å². The number of amides is 3. The number of aromatic amines is 1. The zero-order chi connectivity index (χ0) is 30.5. The first kappa shape index (κ1) is 27.8. The first-order valence-corrected chi connectivity index (χ1v) is 15.2. The summed E-state index contributed by atoms with van der Waals surface area (Å²) in [4.78, 5) is 51.0. The van der Waals surface area contributed by atoms with E-state index < -0.39 is 5.91 Å². The molecule has 2 aromatic heterocycles. The third-order valence-corrected chi connectivity index (χ3v) is 9.45. The van der Waals surface area contributed by atoms with Gasteiger partial charge in [0.2, 0.25) is 0 Å². The summed E-state index contributed by atoms with van der Waals surface area (Å²) in [5, 5.41) is 5.13. The number of carbonyl (C=O) groups is 3. The number of rotatable bonds is 5. The number of nitrogens with zero attached hydrogens (tertiary/aromatic N) is 3. The Bertz CT molecular complexity index is 2090. The molecule has 0 bridgehead atoms. The lowest BCUT2D eigenvalue weighted by molar-refractivity contribution is 0.0664. The Labute approximate surface area is 257 Å². The molecule has 1 aliphatic heterocycles. The number of thiazole rings is 1. The normalized spacial score (nSPS) is 14.0. The summed E-state index contributed by atoms with van der Waals surface area (Å²) in [5.74, 6) is -0.831. The highest BCUT2D eigenvalue weighted by Crippen LogP contribution is 2.39. The van der Waals surface area contributed by atoms with Crippen molar-refractivity contribution in [1.82, 2.24) is 19.8 Å². The number of H-pyrrole nitrogens is 1. The molecule has 0 atom stereocenters. The second-order valence-corrected chi connectivity index (χ2v) is 12.2. The average molecular weight is 603 g/mol. The maximum absolute atomic E-state index is 13.3. The van der Waals surface area contributed by atoms with Gasteiger partial charge >= 0.3 is 0 Å². The molecule has 0 spiro atoms. The second kappa shape index (κ2) is 10.9. The van der Waals surface area contributed by atoms with Gasteiger partial charge in [0.15, 0.2) is 5.01 Å². The standard InChI is InChI=1S/C34H30N6O3S/c1-19-21(6-5-8-25(19)37-32(42)33-38-26-7-3-4-9-28(26)44-33)22-12-13-24(31(35)41)30-29(22)23-11-10-20(18-27(23)36-30)34(43)40-16-14-39(2)15-17-40/h3-13,18,36H,14-17H2,1-2H3,(H2,35,41)(H,37,42). The van der Waals surface area contributed by atoms with Crippen LogP contribution in [0.1, 0.15) is 36.1 Å². The van der Waals surface area contributed by atoms with Gasteiger partial charge in [-0.2, -0.15) is 0 Å². The molecule has 0 saturated carbocycles. The van der Waals surface area contributed by atoms with Crippen LogP contribution >= 0.6 is 11.3 Å². The fourth-order valence-corrected chi connectivity index (χ4v) is 6.84. The van der Waals surface area contributed by atoms with Crippen molar-refractivity contribution < 1.29 is 14.4 Å². The quantitative estimate of drug-likeness (QED) is 0.235. The van der Waals surface area contributed by atoms with Crippen LogP contribution in [0.15, 0.2) is 72.8 Å². The van der Waals surface area contributed by atoms with Crippen LogP contribution in [0.5, 0.6) is 0 Å². The smallest absolute Gasteiger partial charge is 0.284 e. The number of carbonyl (C=O) groups excluding carboxylic acids is 3. The second-order valence-electron chi connectivity index (χ2n) is 11.2. The van der Waals surface area contributed by atoms with Crippen LogP contribution in [0.25, 0.3) is 43.1 Å². The maximum Gasteiger partial charge on any atom is 0.284 e. The van der Waals surface area contributed by atoms with E-state index in [-0.39, 0.29) is 11.8 Å². The van der Waals surface area contributed by atoms with Gasteiger partial charge < -0.3 is 25.8 Å². The van der Waals surface area contributed by atoms with Gasteiger partial charge in [0.1, 0.15) is 0 Å². The van der Waals surface area contributed by atoms with Gasteiger partial charge in [-0.25, -0.2) is 4.98 Å². The Balaban J connectivity index is 1.29. The van der Waals surface area contributed by atoms with Gasteiger partial charge in [-0.1, -0.05) is 36.4 Å². The molecule has 1 aliphatic rings. The van der Waals surface area contributed by atoms with Crippen LogP contribution < -0.4 is 11.1 Å². The van der Waals surface area contributed by atoms with Crippen molar-refractivity contribution in [2.24, 2.45) is 5.73 Å². The highest BCUT2D eigenvalue weighted by molar-refractivity contribution is 7.20. The lowest BCUT2D eigenvalue weighted by Gasteiger charge is -2.32. The summed E-state index contributed by atoms with van der Waals surface area (Å²) < 4.78 is 0.952. The first-order valence-electron chi connectivity index (χ1n) is 14.4. The minimum Gasteiger partial charge on any atom is -0.366 e. The molecule has 44 heavy (non-hydrogen) atoms. The summed E-state index contributed by atoms with van der Waals surface area (Å²) in [5.41, 5.74) is 12.2. The number of fused-ring (bicyclic) bond motifs is 4. The lowest BCUT2D eigenvalue weighted by atomic mass is 9.93. The van der Waals surface area contributed by atoms with Gasteiger partial charge in [0.05, 0.1) is 21.3 Å². The van der Waals surface area contributed by atoms with E-state index in [2.05, 4.69) is 27.2 Å². The van der Waals surface area contributed by atoms with E-state index in [1.165, 1.54) is 11.3 Å². The molecule has 3 amide bonds. The summed E-state index contributed by atoms with van der Waals surface area (Å²) in [7, 11) is 2.06. The van der Waals surface area contributed by atoms with E-state index in [0.29, 0.717) is 40.4 Å². The summed E-state index contributed by atoms with van der Waals surface area (Å²) in [6.45, 7) is 5.00. The molecule has 9 nitrogen and oxygen atoms in total. The monoisotopic (exact) mass is 602 g/mol. The molecule has 0 radical (unpaired) electrons. The highest BCUT2D eigenvalue weighted by Gasteiger charge is 2.23. The molecule has 4 aromatic carbocycles. The molecule has 220 valence electrons. The third-order valence-electron chi connectivity index (χ3n) is 8.42. The Hall–Kier alpha value is -5.06. The molecule has 6 aromatic rings. The first-order chi connectivity index (χ1) is 21.3. The summed E-state index contributed by atoms with van der Waals surface area (Å²) in [6, 6.07) is 22.7. The van der Waals surface area contributed by atoms with E-state index in [1.54, 1.807) is 6.07 Å². The van der Waals surface area contributed by atoms with Crippen LogP contribution in [-0.2, 0) is 0 Å². The number of benzene rings is 4. The van der Waals surface area contributed by atoms with Crippen molar-refractivity contribution in [1.29, 1.82) is 0 Å². The maximum atomic E-state index is 13.3. The van der Waals surface area contributed by atoms with Crippen molar-refractivity contribution in [3.05, 3.63) is 94.5 Å². The number of likely N-dealkylation sites (N-methyl/N-ethyl adjacent to an activating group) is 1. The molecule has 10 heteroatoms. The van der Waals surface area contributed by atoms with Gasteiger partial charge in [0, 0.05) is 53.7 Å². The van der Waals surface area contributed by atoms with E-state index in [0.717, 1.165) is 56.3 Å². The number of piperazine rings is 1. The molecule has 3 heterocycles. The molecular formula is C34H30N6O3S. The van der Waals surface area contributed by atoms with Crippen LogP contribution in [-0.4, -0.2) is 70.7 Å². The highest BCUT2D eigenvalue weighted by atomic mass is 32.1. The van der Waals surface area contributed by atoms with Crippen molar-refractivity contribution in [2.75, 3.05) is 38.5 Å². The Kier molecular flexibility index (Phi) is 6.87. The zero-order valence-electron chi connectivity index (χ0n) is 24.3. The summed E-state index contributed by atoms with van der Waals surface area (Å²) in [6.07, 6.45) is 0. The van der Waals surface area contributed by atoms with E-state index in [9.17, 15) is 14.4 Å². The molecular weight excluding hydrogens is 572 g/mol. The van der Waals surface area contributed by atoms with E-state index in [1.807, 2.05) is 78.6 Å². The predicted octanol–water partition coefficient (Wildman–Crippen LogP) is 5.65. The number of nitrogens with one attached hydrogen (secondary N) is 2. The minimum atomic E-state index is -0.546. The van der Waals surface area contributed by atoms with Crippen molar-refractivity contribution in [3.8, 4) is 11.1 Å². The third kappa shape index (κ3) is 4.78. The van der Waals surface area contributed by atoms with Gasteiger partial charge in [-0.3, -0.25) is 14.4 Å². The van der Waals surface area contributed by atoms with Gasteiger partial charge in [-0.15, -0.1) is 11.3 Å². The zero-order valence-corrected chi connectivity index (χ0v) is 25.1. The SMILES string of the molecule is Cc1c(NC(=O)c2nc3ccccc3s2)cccc1-c1ccc(C(N)=O)c2[nH]c3cc(C(=O)N4CCN(C)CC4)ccc3c12. The lowest BCUT2D eigenvalue weighted by Crippen LogP contribution is -2.47. The summed E-state index contributed by atoms with van der Waals surface area (Å²) >= 11 is 1.35. The molecule has 1 fully saturated rings. The van der Waals surface area contributed by atoms with Crippen molar-refractivity contribution in [2.45, 2.75) is 6.92 Å². The van der Waals surface area contributed by atoms with Crippen LogP contribution in [0.4, 0.5) is 5.69 Å². The van der Waals surface area contributed by atoms with Crippen LogP contribution in [0.3, 0.4) is 0 Å². The van der Waals surface area contributed by atoms with Crippen LogP contribution in [0, 0.1) is 6.92 Å². The van der Waals surface area contributed by atoms with Gasteiger partial charge in [0.25, 0.3) is 17.7 Å². The minimum absolute atomic E-state index is 0.0126. The molecule has 0 unspecified atom stereocenters. The number of hydrogen-bond acceptors (Lipinski definition) is 6. The van der Waals surface area contributed by atoms with Crippen LogP contribution in [0.2, 0.25) is 0 Å². The number of nitrogens with two attached hydrogens (primary N) is 1. The number of anilines is 1. The fourth-order valence-electron chi connectivity index (χ4n) is 5.98. The van der Waals surface area contributed by atoms with E-state index >= 15 is 0 Å². The topological polar surface area (TPSA) is 124 Å². The number of para-hydroxylation sites is 1. The average Bonchev–Trinajstić information content (AvgIpc) is 3.63. The molecule has 7 rings (SSSR count). The number of aromatic nitrogens is 2. The van der Waals surface area contributed by atoms with Crippen molar-refractivity contribution >= 4 is 66.8 Å². The number of primary amides is 1. The van der Waals surface area contributed by atoms with Gasteiger partial charge in [-0.05, 0) is 67.1 Å². The molecule has 1 saturated heterocycles.